The van der Waals surface area contributed by atoms with E-state index < -0.39 is 0 Å². The predicted molar refractivity (Wildman–Crippen MR) is 331 cm³/mol. The summed E-state index contributed by atoms with van der Waals surface area (Å²) in [6, 6.07) is 83.3. The number of rotatable bonds is 6. The number of fused-ring (bicyclic) bond motifs is 12. The predicted octanol–water partition coefficient (Wildman–Crippen LogP) is 18.6. The van der Waals surface area contributed by atoms with Gasteiger partial charge in [-0.2, -0.15) is 0 Å². The Balaban J connectivity index is 1.11. The highest BCUT2D eigenvalue weighted by atomic mass is 32.1. The Bertz CT molecular complexity index is 4260. The smallest absolute Gasteiger partial charge is 0.264 e. The lowest BCUT2D eigenvalue weighted by Crippen LogP contribution is -2.60. The lowest BCUT2D eigenvalue weighted by atomic mass is 9.36. The van der Waals surface area contributed by atoms with Gasteiger partial charge in [-0.05, 0) is 166 Å². The van der Waals surface area contributed by atoms with Gasteiger partial charge in [0.1, 0.15) is 0 Å². The maximum atomic E-state index is 2.64. The topological polar surface area (TPSA) is 6.48 Å². The molecule has 0 atom stereocenters. The van der Waals surface area contributed by atoms with Gasteiger partial charge in [0, 0.05) is 43.2 Å². The molecule has 3 heterocycles. The third-order valence-corrected chi connectivity index (χ3v) is 17.7. The zero-order valence-corrected chi connectivity index (χ0v) is 45.2. The highest BCUT2D eigenvalue weighted by Crippen LogP contribution is 2.52. The number of hydrogen-bond acceptors (Lipinski definition) is 3. The largest absolute Gasteiger partial charge is 0.311 e. The minimum absolute atomic E-state index is 0.0150. The molecule has 366 valence electrons. The summed E-state index contributed by atoms with van der Waals surface area (Å²) < 4.78 is 2.69. The lowest BCUT2D eigenvalue weighted by molar-refractivity contribution is 0.590. The molecule has 1 aromatic heterocycles. The van der Waals surface area contributed by atoms with E-state index in [1.807, 2.05) is 11.3 Å². The Kier molecular flexibility index (Phi) is 10.6. The molecule has 0 N–H and O–H groups in total. The molecule has 0 unspecified atom stereocenters. The van der Waals surface area contributed by atoms with Gasteiger partial charge in [-0.1, -0.05) is 206 Å². The molecule has 12 aromatic rings. The zero-order chi connectivity index (χ0) is 51.6. The lowest BCUT2D eigenvalue weighted by Gasteiger charge is -2.44. The van der Waals surface area contributed by atoms with Crippen LogP contribution < -0.4 is 25.5 Å². The standard InChI is InChI=1S/C72H59BN2S/c1-8-45-30-35-51(36-31-45)74-64-28-19-29-65-68(64)73(70-69(74)61-42-50(72(5,6)7)34-39-67(61)76-70)62-43-57(46-20-11-9-12-21-46)58(47-22-13-10-14-23-47)44-66(62)75(65)63-38-33-49(71(2,3)4)41-59(63)48-32-37-56-54-26-16-15-24-52(54)53-25-17-18-27-55(53)60(56)40-48/h9-44H,8H2,1-7H3. The van der Waals surface area contributed by atoms with Crippen molar-refractivity contribution in [1.82, 2.24) is 0 Å². The van der Waals surface area contributed by atoms with E-state index in [1.54, 1.807) is 0 Å². The first-order valence-corrected chi connectivity index (χ1v) is 27.9. The van der Waals surface area contributed by atoms with E-state index in [-0.39, 0.29) is 17.5 Å². The van der Waals surface area contributed by atoms with Crippen LogP contribution in [0.5, 0.6) is 0 Å². The molecule has 11 aromatic carbocycles. The van der Waals surface area contributed by atoms with Crippen molar-refractivity contribution < 1.29 is 0 Å². The number of benzene rings is 11. The van der Waals surface area contributed by atoms with E-state index in [0.29, 0.717) is 0 Å². The molecule has 0 radical (unpaired) electrons. The fourth-order valence-electron chi connectivity index (χ4n) is 12.6. The number of thiophene rings is 1. The van der Waals surface area contributed by atoms with Gasteiger partial charge < -0.3 is 9.80 Å². The van der Waals surface area contributed by atoms with Crippen LogP contribution in [-0.2, 0) is 17.3 Å². The van der Waals surface area contributed by atoms with E-state index in [0.717, 1.165) is 12.1 Å². The summed E-state index contributed by atoms with van der Waals surface area (Å²) in [4.78, 5) is 5.25. The highest BCUT2D eigenvalue weighted by Gasteiger charge is 2.46. The molecule has 0 fully saturated rings. The van der Waals surface area contributed by atoms with Crippen molar-refractivity contribution in [3.8, 4) is 33.4 Å². The van der Waals surface area contributed by atoms with Gasteiger partial charge in [0.15, 0.2) is 0 Å². The molecule has 0 spiro atoms. The van der Waals surface area contributed by atoms with Crippen LogP contribution in [0.15, 0.2) is 218 Å². The van der Waals surface area contributed by atoms with Gasteiger partial charge in [-0.25, -0.2) is 0 Å². The van der Waals surface area contributed by atoms with Crippen molar-refractivity contribution in [2.45, 2.75) is 65.7 Å². The summed E-state index contributed by atoms with van der Waals surface area (Å²) in [5.41, 5.74) is 21.1. The third kappa shape index (κ3) is 7.29. The average molecular weight is 995 g/mol. The minimum Gasteiger partial charge on any atom is -0.311 e. The summed E-state index contributed by atoms with van der Waals surface area (Å²) in [6.07, 6.45) is 0.992. The molecule has 0 saturated carbocycles. The van der Waals surface area contributed by atoms with E-state index in [2.05, 4.69) is 277 Å². The zero-order valence-electron chi connectivity index (χ0n) is 44.4. The number of nitrogens with zero attached hydrogens (tertiary/aromatic N) is 2. The van der Waals surface area contributed by atoms with Crippen molar-refractivity contribution in [3.63, 3.8) is 0 Å². The van der Waals surface area contributed by atoms with Crippen LogP contribution in [0.1, 0.15) is 65.2 Å². The van der Waals surface area contributed by atoms with Crippen LogP contribution >= 0.6 is 11.3 Å². The summed E-state index contributed by atoms with van der Waals surface area (Å²) in [7, 11) is 0. The number of aryl methyl sites for hydroxylation is 1. The van der Waals surface area contributed by atoms with Crippen molar-refractivity contribution in [2.75, 3.05) is 9.80 Å². The minimum atomic E-state index is -0.0901. The molecule has 14 rings (SSSR count). The van der Waals surface area contributed by atoms with Gasteiger partial charge in [0.25, 0.3) is 6.71 Å². The highest BCUT2D eigenvalue weighted by molar-refractivity contribution is 7.33. The molecular formula is C72H59BN2S. The monoisotopic (exact) mass is 994 g/mol. The second-order valence-electron chi connectivity index (χ2n) is 23.1. The molecule has 0 amide bonds. The maximum Gasteiger partial charge on any atom is 0.264 e. The average Bonchev–Trinajstić information content (AvgIpc) is 3.86. The van der Waals surface area contributed by atoms with Crippen LogP contribution in [0.4, 0.5) is 34.1 Å². The molecule has 2 nitrogen and oxygen atoms in total. The first-order chi connectivity index (χ1) is 36.9. The second-order valence-corrected chi connectivity index (χ2v) is 24.2. The van der Waals surface area contributed by atoms with Crippen LogP contribution in [0.3, 0.4) is 0 Å². The Morgan fingerprint density at radius 3 is 1.57 bits per heavy atom. The number of hydrogen-bond donors (Lipinski definition) is 0. The third-order valence-electron chi connectivity index (χ3n) is 16.5. The molecule has 2 aliphatic rings. The molecule has 0 aliphatic carbocycles. The first-order valence-electron chi connectivity index (χ1n) is 27.1. The van der Waals surface area contributed by atoms with E-state index in [4.69, 9.17) is 0 Å². The van der Waals surface area contributed by atoms with Crippen LogP contribution in [0.25, 0.3) is 75.8 Å². The van der Waals surface area contributed by atoms with Gasteiger partial charge in [-0.15, -0.1) is 11.3 Å². The van der Waals surface area contributed by atoms with E-state index >= 15 is 0 Å². The van der Waals surface area contributed by atoms with E-state index in [1.165, 1.54) is 137 Å². The van der Waals surface area contributed by atoms with Gasteiger partial charge in [0.05, 0.1) is 11.4 Å². The molecular weight excluding hydrogens is 936 g/mol. The maximum absolute atomic E-state index is 2.64. The first kappa shape index (κ1) is 46.4. The van der Waals surface area contributed by atoms with Crippen LogP contribution in [0, 0.1) is 0 Å². The second kappa shape index (κ2) is 17.4. The van der Waals surface area contributed by atoms with Crippen molar-refractivity contribution in [1.29, 1.82) is 0 Å². The van der Waals surface area contributed by atoms with Crippen LogP contribution in [0.2, 0.25) is 0 Å². The summed E-state index contributed by atoms with van der Waals surface area (Å²) >= 11 is 1.97. The van der Waals surface area contributed by atoms with Crippen molar-refractivity contribution >= 4 is 110 Å². The summed E-state index contributed by atoms with van der Waals surface area (Å²) in [6.45, 7) is 16.2. The van der Waals surface area contributed by atoms with Gasteiger partial charge >= 0.3 is 0 Å². The summed E-state index contributed by atoms with van der Waals surface area (Å²) in [5.74, 6) is 0. The molecule has 76 heavy (non-hydrogen) atoms. The SMILES string of the molecule is CCc1ccc(N2c3cccc4c3B(c3cc(-c5ccccc5)c(-c5ccccc5)cc3N4c3ccc(C(C)(C)C)cc3-c3ccc4c5ccccc5c5ccccc5c4c3)c3sc4ccc(C(C)(C)C)cc4c32)cc1. The Labute approximate surface area is 451 Å². The number of anilines is 6. The van der Waals surface area contributed by atoms with Gasteiger partial charge in [0.2, 0.25) is 0 Å². The fourth-order valence-corrected chi connectivity index (χ4v) is 13.9. The Morgan fingerprint density at radius 2 is 0.947 bits per heavy atom. The quantitative estimate of drug-likeness (QED) is 0.121. The molecule has 0 saturated heterocycles. The van der Waals surface area contributed by atoms with Crippen molar-refractivity contribution in [3.05, 3.63) is 235 Å². The molecule has 0 bridgehead atoms. The fraction of sp³-hybridized carbons (Fsp3) is 0.139. The molecule has 2 aliphatic heterocycles. The van der Waals surface area contributed by atoms with Gasteiger partial charge in [-0.3, -0.25) is 0 Å². The molecule has 4 heteroatoms. The normalized spacial score (nSPS) is 13.2. The van der Waals surface area contributed by atoms with E-state index in [9.17, 15) is 0 Å². The van der Waals surface area contributed by atoms with Crippen LogP contribution in [-0.4, -0.2) is 6.71 Å². The Hall–Kier alpha value is -8.18. The van der Waals surface area contributed by atoms with Crippen molar-refractivity contribution in [2.24, 2.45) is 0 Å². The Morgan fingerprint density at radius 1 is 0.395 bits per heavy atom. The summed E-state index contributed by atoms with van der Waals surface area (Å²) in [5, 5.41) is 8.99.